The Bertz CT molecular complexity index is 1350. The van der Waals surface area contributed by atoms with E-state index in [4.69, 9.17) is 32.5 Å². The molecule has 1 aromatic carbocycles. The highest BCUT2D eigenvalue weighted by molar-refractivity contribution is 6.76. The van der Waals surface area contributed by atoms with Crippen molar-refractivity contribution in [3.05, 3.63) is 57.1 Å². The highest BCUT2D eigenvalue weighted by Gasteiger charge is 2.22. The van der Waals surface area contributed by atoms with Crippen molar-refractivity contribution >= 4 is 42.4 Å². The molecule has 0 aliphatic rings. The van der Waals surface area contributed by atoms with Crippen molar-refractivity contribution in [3.63, 3.8) is 0 Å². The van der Waals surface area contributed by atoms with E-state index in [0.29, 0.717) is 29.0 Å². The Morgan fingerprint density at radius 1 is 1.22 bits per heavy atom. The Kier molecular flexibility index (Phi) is 6.21. The van der Waals surface area contributed by atoms with Crippen molar-refractivity contribution in [2.24, 2.45) is 0 Å². The lowest BCUT2D eigenvalue weighted by Gasteiger charge is -2.16. The fraction of sp³-hybridized carbons (Fsp3) is 0.300. The third-order valence-corrected chi connectivity index (χ3v) is 7.10. The monoisotopic (exact) mass is 495 g/mol. The molecule has 0 atom stereocenters. The SMILES string of the molecule is C[Si](C)(C)CCOCn1c(Cl)nc2nccc(-c3noc(=O)n3-c3ccc(F)c(Cl)c3)c21. The molecule has 0 unspecified atom stereocenters. The molecule has 0 saturated carbocycles. The minimum Gasteiger partial charge on any atom is -0.361 e. The molecule has 0 aliphatic heterocycles. The van der Waals surface area contributed by atoms with Crippen LogP contribution in [-0.2, 0) is 11.5 Å². The third kappa shape index (κ3) is 4.49. The molecule has 3 aromatic heterocycles. The minimum absolute atomic E-state index is 0.134. The van der Waals surface area contributed by atoms with Gasteiger partial charge in [0.15, 0.2) is 11.5 Å². The van der Waals surface area contributed by atoms with Crippen LogP contribution in [0, 0.1) is 5.82 Å². The topological polar surface area (TPSA) is 88.0 Å². The maximum Gasteiger partial charge on any atom is 0.446 e. The third-order valence-electron chi connectivity index (χ3n) is 4.82. The van der Waals surface area contributed by atoms with Crippen molar-refractivity contribution in [3.8, 4) is 17.1 Å². The molecule has 4 aromatic rings. The highest BCUT2D eigenvalue weighted by Crippen LogP contribution is 2.30. The van der Waals surface area contributed by atoms with E-state index in [1.165, 1.54) is 22.9 Å². The van der Waals surface area contributed by atoms with Crippen LogP contribution in [0.1, 0.15) is 0 Å². The van der Waals surface area contributed by atoms with Crippen LogP contribution in [0.25, 0.3) is 28.2 Å². The van der Waals surface area contributed by atoms with Crippen LogP contribution in [0.5, 0.6) is 0 Å². The van der Waals surface area contributed by atoms with Gasteiger partial charge in [-0.3, -0.25) is 9.09 Å². The van der Waals surface area contributed by atoms with Crippen LogP contribution in [0.2, 0.25) is 36.0 Å². The zero-order chi connectivity index (χ0) is 23.0. The summed E-state index contributed by atoms with van der Waals surface area (Å²) in [4.78, 5) is 21.0. The largest absolute Gasteiger partial charge is 0.446 e. The second-order valence-electron chi connectivity index (χ2n) is 8.39. The van der Waals surface area contributed by atoms with E-state index < -0.39 is 19.6 Å². The standard InChI is InChI=1S/C20H20Cl2FN5O3Si/c1-32(2,3)9-8-30-11-27-16-13(6-7-24-17(16)25-19(27)22)18-26-31-20(29)28(18)12-4-5-15(23)14(21)10-12/h4-7,10H,8-9,11H2,1-3H3. The van der Waals surface area contributed by atoms with Crippen molar-refractivity contribution < 1.29 is 13.7 Å². The molecule has 3 heterocycles. The molecule has 8 nitrogen and oxygen atoms in total. The zero-order valence-corrected chi connectivity index (χ0v) is 20.1. The van der Waals surface area contributed by atoms with Crippen molar-refractivity contribution in [1.82, 2.24) is 24.3 Å². The van der Waals surface area contributed by atoms with Crippen LogP contribution in [0.15, 0.2) is 39.8 Å². The van der Waals surface area contributed by atoms with Gasteiger partial charge in [0.25, 0.3) is 0 Å². The van der Waals surface area contributed by atoms with Crippen LogP contribution < -0.4 is 5.76 Å². The summed E-state index contributed by atoms with van der Waals surface area (Å²) < 4.78 is 27.3. The average Bonchev–Trinajstić information content (AvgIpc) is 3.26. The van der Waals surface area contributed by atoms with Crippen molar-refractivity contribution in [2.45, 2.75) is 32.4 Å². The van der Waals surface area contributed by atoms with E-state index in [2.05, 4.69) is 34.8 Å². The van der Waals surface area contributed by atoms with Gasteiger partial charge in [-0.25, -0.2) is 18.7 Å². The normalized spacial score (nSPS) is 12.1. The lowest BCUT2D eigenvalue weighted by atomic mass is 10.2. The number of ether oxygens (including phenoxy) is 1. The molecule has 4 rings (SSSR count). The Labute approximate surface area is 193 Å². The van der Waals surface area contributed by atoms with Crippen LogP contribution in [0.4, 0.5) is 4.39 Å². The van der Waals surface area contributed by atoms with Gasteiger partial charge >= 0.3 is 5.76 Å². The predicted molar refractivity (Wildman–Crippen MR) is 123 cm³/mol. The molecule has 0 aliphatic carbocycles. The van der Waals surface area contributed by atoms with Gasteiger partial charge in [-0.1, -0.05) is 36.4 Å². The van der Waals surface area contributed by atoms with Gasteiger partial charge in [-0.15, -0.1) is 0 Å². The number of pyridine rings is 1. The lowest BCUT2D eigenvalue weighted by molar-refractivity contribution is 0.0901. The number of hydrogen-bond acceptors (Lipinski definition) is 6. The van der Waals surface area contributed by atoms with Gasteiger partial charge in [0.1, 0.15) is 18.1 Å². The molecular weight excluding hydrogens is 476 g/mol. The van der Waals surface area contributed by atoms with Gasteiger partial charge in [0.05, 0.1) is 16.3 Å². The summed E-state index contributed by atoms with van der Waals surface area (Å²) in [6.07, 6.45) is 1.53. The number of benzene rings is 1. The van der Waals surface area contributed by atoms with Gasteiger partial charge in [0, 0.05) is 20.9 Å². The maximum atomic E-state index is 13.6. The van der Waals surface area contributed by atoms with Crippen molar-refractivity contribution in [2.75, 3.05) is 6.61 Å². The predicted octanol–water partition coefficient (Wildman–Crippen LogP) is 5.00. The number of rotatable bonds is 7. The fourth-order valence-electron chi connectivity index (χ4n) is 3.14. The van der Waals surface area contributed by atoms with Gasteiger partial charge in [-0.2, -0.15) is 4.98 Å². The van der Waals surface area contributed by atoms with E-state index in [1.807, 2.05) is 0 Å². The number of hydrogen-bond donors (Lipinski definition) is 0. The van der Waals surface area contributed by atoms with Gasteiger partial charge < -0.3 is 4.74 Å². The minimum atomic E-state index is -1.25. The van der Waals surface area contributed by atoms with E-state index in [1.54, 1.807) is 10.6 Å². The average molecular weight is 496 g/mol. The molecule has 0 N–H and O–H groups in total. The van der Waals surface area contributed by atoms with E-state index in [9.17, 15) is 9.18 Å². The van der Waals surface area contributed by atoms with Gasteiger partial charge in [0.2, 0.25) is 5.28 Å². The first-order valence-corrected chi connectivity index (χ1v) is 14.2. The smallest absolute Gasteiger partial charge is 0.361 e. The number of imidazole rings is 1. The molecule has 0 saturated heterocycles. The molecule has 0 amide bonds. The number of aromatic nitrogens is 5. The summed E-state index contributed by atoms with van der Waals surface area (Å²) in [6, 6.07) is 6.55. The second-order valence-corrected chi connectivity index (χ2v) is 14.8. The maximum absolute atomic E-state index is 13.6. The van der Waals surface area contributed by atoms with Crippen LogP contribution >= 0.6 is 23.2 Å². The molecular formula is C20H20Cl2FN5O3Si. The quantitative estimate of drug-likeness (QED) is 0.265. The first kappa shape index (κ1) is 22.7. The Morgan fingerprint density at radius 3 is 2.72 bits per heavy atom. The van der Waals surface area contributed by atoms with E-state index >= 15 is 0 Å². The van der Waals surface area contributed by atoms with E-state index in [-0.39, 0.29) is 22.9 Å². The highest BCUT2D eigenvalue weighted by atomic mass is 35.5. The molecule has 12 heteroatoms. The molecule has 0 fully saturated rings. The second kappa shape index (κ2) is 8.78. The molecule has 0 bridgehead atoms. The summed E-state index contributed by atoms with van der Waals surface area (Å²) in [7, 11) is -1.25. The lowest BCUT2D eigenvalue weighted by Crippen LogP contribution is -2.22. The molecule has 32 heavy (non-hydrogen) atoms. The number of nitrogens with zero attached hydrogens (tertiary/aromatic N) is 5. The first-order chi connectivity index (χ1) is 15.2. The number of halogens is 3. The Balaban J connectivity index is 1.79. The molecule has 168 valence electrons. The Morgan fingerprint density at radius 2 is 2.00 bits per heavy atom. The zero-order valence-electron chi connectivity index (χ0n) is 17.6. The first-order valence-electron chi connectivity index (χ1n) is 9.79. The summed E-state index contributed by atoms with van der Waals surface area (Å²) >= 11 is 12.3. The van der Waals surface area contributed by atoms with Gasteiger partial charge in [-0.05, 0) is 41.9 Å². The number of fused-ring (bicyclic) bond motifs is 1. The van der Waals surface area contributed by atoms with E-state index in [0.717, 1.165) is 12.1 Å². The Hall–Kier alpha value is -2.53. The molecule has 0 radical (unpaired) electrons. The summed E-state index contributed by atoms with van der Waals surface area (Å²) in [6.45, 7) is 7.55. The summed E-state index contributed by atoms with van der Waals surface area (Å²) in [5.41, 5.74) is 1.68. The van der Waals surface area contributed by atoms with Crippen LogP contribution in [-0.4, -0.2) is 38.9 Å². The molecule has 0 spiro atoms. The van der Waals surface area contributed by atoms with Crippen molar-refractivity contribution in [1.29, 1.82) is 0 Å². The fourth-order valence-corrected chi connectivity index (χ4v) is 4.28. The summed E-state index contributed by atoms with van der Waals surface area (Å²) in [5, 5.41) is 3.99. The summed E-state index contributed by atoms with van der Waals surface area (Å²) in [5.74, 6) is -1.19. The van der Waals surface area contributed by atoms with Crippen LogP contribution in [0.3, 0.4) is 0 Å².